The average molecular weight is 252 g/mol. The molecule has 0 aromatic heterocycles. The minimum Gasteiger partial charge on any atom is -0.491 e. The lowest BCUT2D eigenvalue weighted by Gasteiger charge is -2.30. The third-order valence-electron chi connectivity index (χ3n) is 3.42. The molecule has 1 aliphatic carbocycles. The Hall–Kier alpha value is -1.62. The maximum atomic E-state index is 13.0. The molecule has 0 heterocycles. The Morgan fingerprint density at radius 3 is 2.83 bits per heavy atom. The summed E-state index contributed by atoms with van der Waals surface area (Å²) in [7, 11) is 1.69. The van der Waals surface area contributed by atoms with Crippen molar-refractivity contribution in [3.8, 4) is 5.75 Å². The van der Waals surface area contributed by atoms with Gasteiger partial charge in [-0.3, -0.25) is 4.79 Å². The first-order valence-corrected chi connectivity index (χ1v) is 5.95. The van der Waals surface area contributed by atoms with Crippen molar-refractivity contribution in [2.75, 3.05) is 13.7 Å². The minimum atomic E-state index is -0.855. The van der Waals surface area contributed by atoms with Gasteiger partial charge in [-0.15, -0.1) is 0 Å². The van der Waals surface area contributed by atoms with Crippen molar-refractivity contribution in [2.45, 2.75) is 18.4 Å². The van der Waals surface area contributed by atoms with Crippen LogP contribution >= 0.6 is 0 Å². The first-order valence-electron chi connectivity index (χ1n) is 5.95. The Balaban J connectivity index is 2.08. The molecule has 1 amide bonds. The van der Waals surface area contributed by atoms with Gasteiger partial charge in [0.05, 0.1) is 0 Å². The summed E-state index contributed by atoms with van der Waals surface area (Å²) < 4.78 is 18.5. The van der Waals surface area contributed by atoms with E-state index in [1.54, 1.807) is 19.2 Å². The van der Waals surface area contributed by atoms with Crippen molar-refractivity contribution in [1.29, 1.82) is 0 Å². The number of hydrogen-bond acceptors (Lipinski definition) is 3. The second-order valence-electron chi connectivity index (χ2n) is 4.61. The molecule has 1 aromatic rings. The van der Waals surface area contributed by atoms with Gasteiger partial charge in [0.1, 0.15) is 23.7 Å². The summed E-state index contributed by atoms with van der Waals surface area (Å²) in [5.41, 5.74) is 4.61. The van der Waals surface area contributed by atoms with E-state index in [0.29, 0.717) is 5.75 Å². The smallest absolute Gasteiger partial charge is 0.241 e. The Bertz CT molecular complexity index is 448. The molecule has 1 unspecified atom stereocenters. The van der Waals surface area contributed by atoms with E-state index in [0.717, 1.165) is 12.8 Å². The number of rotatable bonds is 6. The molecule has 4 nitrogen and oxygen atoms in total. The standard InChI is InChI=1S/C13H17FN2O2/c1-16-13(12(15)17,9-5-6-9)8-18-11-4-2-3-10(14)7-11/h2-4,7,9,16H,5-6,8H2,1H3,(H2,15,17). The summed E-state index contributed by atoms with van der Waals surface area (Å²) in [4.78, 5) is 11.6. The molecule has 0 saturated heterocycles. The molecule has 0 radical (unpaired) electrons. The molecule has 1 atom stereocenters. The van der Waals surface area contributed by atoms with Crippen LogP contribution in [0.3, 0.4) is 0 Å². The molecule has 1 saturated carbocycles. The predicted octanol–water partition coefficient (Wildman–Crippen LogP) is 1.06. The number of hydrogen-bond donors (Lipinski definition) is 2. The van der Waals surface area contributed by atoms with E-state index in [2.05, 4.69) is 5.32 Å². The van der Waals surface area contributed by atoms with Gasteiger partial charge in [0.15, 0.2) is 0 Å². The molecule has 2 rings (SSSR count). The second kappa shape index (κ2) is 4.94. The van der Waals surface area contributed by atoms with E-state index in [-0.39, 0.29) is 18.3 Å². The monoisotopic (exact) mass is 252 g/mol. The Morgan fingerprint density at radius 2 is 2.33 bits per heavy atom. The van der Waals surface area contributed by atoms with Crippen LogP contribution in [0.5, 0.6) is 5.75 Å². The molecule has 5 heteroatoms. The van der Waals surface area contributed by atoms with Gasteiger partial charge in [-0.2, -0.15) is 0 Å². The Labute approximate surface area is 105 Å². The van der Waals surface area contributed by atoms with Crippen LogP contribution in [0.2, 0.25) is 0 Å². The van der Waals surface area contributed by atoms with Crippen LogP contribution < -0.4 is 15.8 Å². The lowest BCUT2D eigenvalue weighted by atomic mass is 9.93. The van der Waals surface area contributed by atoms with Crippen molar-refractivity contribution in [2.24, 2.45) is 11.7 Å². The summed E-state index contributed by atoms with van der Waals surface area (Å²) >= 11 is 0. The first kappa shape index (κ1) is 12.8. The Kier molecular flexibility index (Phi) is 3.52. The third-order valence-corrected chi connectivity index (χ3v) is 3.42. The van der Waals surface area contributed by atoms with Gasteiger partial charge in [-0.05, 0) is 37.9 Å². The van der Waals surface area contributed by atoms with Crippen molar-refractivity contribution in [3.05, 3.63) is 30.1 Å². The third kappa shape index (κ3) is 2.46. The van der Waals surface area contributed by atoms with Gasteiger partial charge < -0.3 is 15.8 Å². The summed E-state index contributed by atoms with van der Waals surface area (Å²) in [6, 6.07) is 5.84. The molecular weight excluding hydrogens is 235 g/mol. The fourth-order valence-electron chi connectivity index (χ4n) is 2.12. The van der Waals surface area contributed by atoms with E-state index < -0.39 is 11.4 Å². The molecule has 98 valence electrons. The van der Waals surface area contributed by atoms with Gasteiger partial charge in [0, 0.05) is 6.07 Å². The van der Waals surface area contributed by atoms with Crippen LogP contribution in [0.25, 0.3) is 0 Å². The molecule has 0 bridgehead atoms. The summed E-state index contributed by atoms with van der Waals surface area (Å²) in [5, 5.41) is 2.97. The molecule has 0 spiro atoms. The average Bonchev–Trinajstić information content (AvgIpc) is 3.15. The van der Waals surface area contributed by atoms with Crippen LogP contribution in [0.1, 0.15) is 12.8 Å². The quantitative estimate of drug-likeness (QED) is 0.795. The zero-order chi connectivity index (χ0) is 13.2. The normalized spacial score (nSPS) is 18.1. The molecule has 1 aromatic carbocycles. The van der Waals surface area contributed by atoms with Crippen LogP contribution in [0.15, 0.2) is 24.3 Å². The SMILES string of the molecule is CNC(COc1cccc(F)c1)(C(N)=O)C1CC1. The van der Waals surface area contributed by atoms with Gasteiger partial charge in [0.25, 0.3) is 0 Å². The number of primary amides is 1. The Morgan fingerprint density at radius 1 is 1.61 bits per heavy atom. The van der Waals surface area contributed by atoms with Crippen molar-refractivity contribution < 1.29 is 13.9 Å². The number of halogens is 1. The lowest BCUT2D eigenvalue weighted by Crippen LogP contribution is -2.59. The summed E-state index contributed by atoms with van der Waals surface area (Å²) in [6.45, 7) is 0.118. The van der Waals surface area contributed by atoms with Crippen LogP contribution in [-0.2, 0) is 4.79 Å². The molecular formula is C13H17FN2O2. The minimum absolute atomic E-state index is 0.118. The molecule has 18 heavy (non-hydrogen) atoms. The van der Waals surface area contributed by atoms with Crippen molar-refractivity contribution in [1.82, 2.24) is 5.32 Å². The highest BCUT2D eigenvalue weighted by Gasteiger charge is 2.49. The highest BCUT2D eigenvalue weighted by molar-refractivity contribution is 5.85. The maximum Gasteiger partial charge on any atom is 0.241 e. The molecule has 1 fully saturated rings. The zero-order valence-electron chi connectivity index (χ0n) is 10.3. The maximum absolute atomic E-state index is 13.0. The highest BCUT2D eigenvalue weighted by atomic mass is 19.1. The topological polar surface area (TPSA) is 64.3 Å². The number of likely N-dealkylation sites (N-methyl/N-ethyl adjacent to an activating group) is 1. The fraction of sp³-hybridized carbons (Fsp3) is 0.462. The van der Waals surface area contributed by atoms with Crippen molar-refractivity contribution >= 4 is 5.91 Å². The number of nitrogens with one attached hydrogen (secondary N) is 1. The molecule has 3 N–H and O–H groups in total. The van der Waals surface area contributed by atoms with Crippen LogP contribution in [-0.4, -0.2) is 25.1 Å². The summed E-state index contributed by atoms with van der Waals surface area (Å²) in [6.07, 6.45) is 1.91. The number of ether oxygens (including phenoxy) is 1. The van der Waals surface area contributed by atoms with Gasteiger partial charge in [-0.1, -0.05) is 6.07 Å². The number of benzene rings is 1. The van der Waals surface area contributed by atoms with Gasteiger partial charge in [-0.25, -0.2) is 4.39 Å². The van der Waals surface area contributed by atoms with Crippen LogP contribution in [0, 0.1) is 11.7 Å². The second-order valence-corrected chi connectivity index (χ2v) is 4.61. The molecule has 0 aliphatic heterocycles. The highest BCUT2D eigenvalue weighted by Crippen LogP contribution is 2.39. The van der Waals surface area contributed by atoms with Gasteiger partial charge in [0.2, 0.25) is 5.91 Å². The van der Waals surface area contributed by atoms with E-state index in [4.69, 9.17) is 10.5 Å². The summed E-state index contributed by atoms with van der Waals surface area (Å²) in [5.74, 6) is -0.193. The van der Waals surface area contributed by atoms with E-state index in [1.807, 2.05) is 0 Å². The van der Waals surface area contributed by atoms with Crippen molar-refractivity contribution in [3.63, 3.8) is 0 Å². The lowest BCUT2D eigenvalue weighted by molar-refractivity contribution is -0.126. The van der Waals surface area contributed by atoms with Gasteiger partial charge >= 0.3 is 0 Å². The molecule has 1 aliphatic rings. The number of carbonyl (C=O) groups is 1. The van der Waals surface area contributed by atoms with E-state index in [9.17, 15) is 9.18 Å². The fourth-order valence-corrected chi connectivity index (χ4v) is 2.12. The first-order chi connectivity index (χ1) is 8.58. The number of amides is 1. The predicted molar refractivity (Wildman–Crippen MR) is 65.6 cm³/mol. The largest absolute Gasteiger partial charge is 0.491 e. The number of carbonyl (C=O) groups excluding carboxylic acids is 1. The van der Waals surface area contributed by atoms with E-state index >= 15 is 0 Å². The van der Waals surface area contributed by atoms with E-state index in [1.165, 1.54) is 12.1 Å². The van der Waals surface area contributed by atoms with Crippen LogP contribution in [0.4, 0.5) is 4.39 Å². The zero-order valence-corrected chi connectivity index (χ0v) is 10.3. The number of nitrogens with two attached hydrogens (primary N) is 1.